The van der Waals surface area contributed by atoms with E-state index in [0.717, 1.165) is 5.56 Å². The Morgan fingerprint density at radius 1 is 1.17 bits per heavy atom. The molecule has 1 aromatic carbocycles. The van der Waals surface area contributed by atoms with Crippen LogP contribution in [-0.2, 0) is 30.7 Å². The van der Waals surface area contributed by atoms with Crippen molar-refractivity contribution in [3.63, 3.8) is 0 Å². The molecular formula is C22H33NO6S. The highest BCUT2D eigenvalue weighted by molar-refractivity contribution is 7.91. The van der Waals surface area contributed by atoms with Gasteiger partial charge in [-0.05, 0) is 46.6 Å². The van der Waals surface area contributed by atoms with Gasteiger partial charge in [-0.25, -0.2) is 13.2 Å². The van der Waals surface area contributed by atoms with Gasteiger partial charge in [0.15, 0.2) is 9.84 Å². The average molecular weight is 440 g/mol. The molecule has 0 spiro atoms. The van der Waals surface area contributed by atoms with E-state index >= 15 is 0 Å². The summed E-state index contributed by atoms with van der Waals surface area (Å²) in [6.45, 7) is 9.16. The summed E-state index contributed by atoms with van der Waals surface area (Å²) in [4.78, 5) is 26.8. The van der Waals surface area contributed by atoms with Crippen LogP contribution in [0.1, 0.15) is 46.6 Å². The van der Waals surface area contributed by atoms with Crippen molar-refractivity contribution in [3.8, 4) is 0 Å². The second-order valence-corrected chi connectivity index (χ2v) is 11.7. The maximum absolute atomic E-state index is 12.8. The van der Waals surface area contributed by atoms with E-state index in [0.29, 0.717) is 13.0 Å². The molecule has 1 aliphatic heterocycles. The van der Waals surface area contributed by atoms with Crippen LogP contribution in [-0.4, -0.2) is 55.1 Å². The van der Waals surface area contributed by atoms with Crippen LogP contribution < -0.4 is 0 Å². The Hall–Kier alpha value is -2.09. The molecule has 0 unspecified atom stereocenters. The van der Waals surface area contributed by atoms with E-state index in [1.807, 2.05) is 30.3 Å². The zero-order valence-electron chi connectivity index (χ0n) is 18.5. The Labute approximate surface area is 179 Å². The van der Waals surface area contributed by atoms with Crippen LogP contribution in [0.3, 0.4) is 0 Å². The average Bonchev–Trinajstić information content (AvgIpc) is 2.65. The van der Waals surface area contributed by atoms with E-state index in [-0.39, 0.29) is 18.9 Å². The van der Waals surface area contributed by atoms with Gasteiger partial charge in [-0.15, -0.1) is 0 Å². The fourth-order valence-electron chi connectivity index (χ4n) is 3.33. The summed E-state index contributed by atoms with van der Waals surface area (Å²) >= 11 is 0. The number of nitrogens with zero attached hydrogens (tertiary/aromatic N) is 1. The molecular weight excluding hydrogens is 406 g/mol. The lowest BCUT2D eigenvalue weighted by Gasteiger charge is -2.38. The fraction of sp³-hybridized carbons (Fsp3) is 0.636. The molecule has 0 saturated carbocycles. The molecule has 8 heteroatoms. The molecule has 0 N–H and O–H groups in total. The smallest absolute Gasteiger partial charge is 0.410 e. The number of piperidine rings is 1. The first kappa shape index (κ1) is 24.2. The largest absolute Gasteiger partial charge is 0.461 e. The van der Waals surface area contributed by atoms with Gasteiger partial charge < -0.3 is 14.4 Å². The number of amides is 1. The molecule has 2 rings (SSSR count). The molecule has 1 amide bonds. The second-order valence-electron chi connectivity index (χ2n) is 9.05. The number of ether oxygens (including phenoxy) is 2. The molecule has 1 heterocycles. The Bertz CT molecular complexity index is 829. The molecule has 0 radical (unpaired) electrons. The summed E-state index contributed by atoms with van der Waals surface area (Å²) in [5.41, 5.74) is 0.214. The maximum Gasteiger partial charge on any atom is 0.410 e. The fourth-order valence-corrected chi connectivity index (χ4v) is 4.65. The zero-order valence-corrected chi connectivity index (χ0v) is 19.3. The normalized spacial score (nSPS) is 20.1. The van der Waals surface area contributed by atoms with Gasteiger partial charge in [0.2, 0.25) is 0 Å². The molecule has 1 aromatic rings. The SMILES string of the molecule is CC(C)S(=O)(=O)C[C@H]1CN(C(=O)OC(C)(C)C)CC[C@@H]1C(=O)OCc1ccccc1. The highest BCUT2D eigenvalue weighted by Crippen LogP contribution is 2.29. The van der Waals surface area contributed by atoms with E-state index in [1.165, 1.54) is 4.90 Å². The quantitative estimate of drug-likeness (QED) is 0.631. The van der Waals surface area contributed by atoms with Gasteiger partial charge in [0.05, 0.1) is 16.9 Å². The molecule has 1 aliphatic rings. The third-order valence-corrected chi connectivity index (χ3v) is 7.41. The summed E-state index contributed by atoms with van der Waals surface area (Å²) in [5, 5.41) is -0.560. The predicted octanol–water partition coefficient (Wildman–Crippen LogP) is 3.43. The molecule has 168 valence electrons. The van der Waals surface area contributed by atoms with Crippen molar-refractivity contribution < 1.29 is 27.5 Å². The minimum absolute atomic E-state index is 0.135. The van der Waals surface area contributed by atoms with Crippen LogP contribution in [0.2, 0.25) is 0 Å². The Kier molecular flexibility index (Phi) is 7.91. The van der Waals surface area contributed by atoms with Crippen molar-refractivity contribution in [1.82, 2.24) is 4.90 Å². The molecule has 7 nitrogen and oxygen atoms in total. The highest BCUT2D eigenvalue weighted by atomic mass is 32.2. The van der Waals surface area contributed by atoms with Gasteiger partial charge in [-0.1, -0.05) is 30.3 Å². The van der Waals surface area contributed by atoms with E-state index in [9.17, 15) is 18.0 Å². The lowest BCUT2D eigenvalue weighted by molar-refractivity contribution is -0.153. The number of sulfone groups is 1. The zero-order chi connectivity index (χ0) is 22.5. The van der Waals surface area contributed by atoms with Crippen molar-refractivity contribution in [2.24, 2.45) is 11.8 Å². The van der Waals surface area contributed by atoms with Crippen molar-refractivity contribution >= 4 is 21.9 Å². The first-order chi connectivity index (χ1) is 13.9. The summed E-state index contributed by atoms with van der Waals surface area (Å²) in [5.74, 6) is -1.72. The van der Waals surface area contributed by atoms with Crippen LogP contribution in [0.5, 0.6) is 0 Å². The maximum atomic E-state index is 12.8. The van der Waals surface area contributed by atoms with E-state index in [2.05, 4.69) is 0 Å². The molecule has 1 fully saturated rings. The van der Waals surface area contributed by atoms with Gasteiger partial charge >= 0.3 is 12.1 Å². The monoisotopic (exact) mass is 439 g/mol. The van der Waals surface area contributed by atoms with Crippen molar-refractivity contribution in [2.45, 2.75) is 58.5 Å². The number of likely N-dealkylation sites (tertiary alicyclic amines) is 1. The van der Waals surface area contributed by atoms with Crippen molar-refractivity contribution in [3.05, 3.63) is 35.9 Å². The van der Waals surface area contributed by atoms with Crippen LogP contribution in [0.4, 0.5) is 4.79 Å². The van der Waals surface area contributed by atoms with Gasteiger partial charge in [-0.3, -0.25) is 4.79 Å². The summed E-state index contributed by atoms with van der Waals surface area (Å²) in [7, 11) is -3.40. The molecule has 0 aliphatic carbocycles. The number of benzene rings is 1. The number of esters is 1. The number of hydrogen-bond acceptors (Lipinski definition) is 6. The molecule has 1 saturated heterocycles. The van der Waals surface area contributed by atoms with Crippen LogP contribution in [0, 0.1) is 11.8 Å². The lowest BCUT2D eigenvalue weighted by atomic mass is 9.87. The van der Waals surface area contributed by atoms with Gasteiger partial charge in [0, 0.05) is 19.0 Å². The minimum atomic E-state index is -3.40. The number of rotatable bonds is 6. The van der Waals surface area contributed by atoms with E-state index in [1.54, 1.807) is 34.6 Å². The Morgan fingerprint density at radius 2 is 1.80 bits per heavy atom. The minimum Gasteiger partial charge on any atom is -0.461 e. The first-order valence-corrected chi connectivity index (χ1v) is 12.0. The third-order valence-electron chi connectivity index (χ3n) is 5.08. The Balaban J connectivity index is 2.13. The number of carbonyl (C=O) groups is 2. The molecule has 2 atom stereocenters. The van der Waals surface area contributed by atoms with E-state index < -0.39 is 44.6 Å². The van der Waals surface area contributed by atoms with Gasteiger partial charge in [0.1, 0.15) is 12.2 Å². The first-order valence-electron chi connectivity index (χ1n) is 10.3. The third kappa shape index (κ3) is 7.00. The van der Waals surface area contributed by atoms with Crippen molar-refractivity contribution in [1.29, 1.82) is 0 Å². The highest BCUT2D eigenvalue weighted by Gasteiger charge is 2.40. The predicted molar refractivity (Wildman–Crippen MR) is 115 cm³/mol. The number of carbonyl (C=O) groups excluding carboxylic acids is 2. The Morgan fingerprint density at radius 3 is 2.37 bits per heavy atom. The topological polar surface area (TPSA) is 90.0 Å². The summed E-state index contributed by atoms with van der Waals surface area (Å²) in [6.07, 6.45) is -0.156. The number of hydrogen-bond donors (Lipinski definition) is 0. The summed E-state index contributed by atoms with van der Waals surface area (Å²) < 4.78 is 36.0. The van der Waals surface area contributed by atoms with Crippen molar-refractivity contribution in [2.75, 3.05) is 18.8 Å². The molecule has 0 aromatic heterocycles. The van der Waals surface area contributed by atoms with Gasteiger partial charge in [0.25, 0.3) is 0 Å². The summed E-state index contributed by atoms with van der Waals surface area (Å²) in [6, 6.07) is 9.32. The van der Waals surface area contributed by atoms with Crippen LogP contribution in [0.15, 0.2) is 30.3 Å². The second kappa shape index (κ2) is 9.81. The molecule has 30 heavy (non-hydrogen) atoms. The van der Waals surface area contributed by atoms with Gasteiger partial charge in [-0.2, -0.15) is 0 Å². The lowest BCUT2D eigenvalue weighted by Crippen LogP contribution is -2.50. The van der Waals surface area contributed by atoms with Crippen LogP contribution in [0.25, 0.3) is 0 Å². The standard InChI is InChI=1S/C22H33NO6S/c1-16(2)30(26,27)15-18-13-23(21(25)29-22(3,4)5)12-11-19(18)20(24)28-14-17-9-7-6-8-10-17/h6-10,16,18-19H,11-15H2,1-5H3/t18-,19+/m1/s1. The van der Waals surface area contributed by atoms with E-state index in [4.69, 9.17) is 9.47 Å². The molecule has 0 bridgehead atoms. The van der Waals surface area contributed by atoms with Crippen LogP contribution >= 0.6 is 0 Å².